The van der Waals surface area contributed by atoms with Crippen molar-refractivity contribution in [1.29, 1.82) is 0 Å². The van der Waals surface area contributed by atoms with Crippen molar-refractivity contribution in [2.45, 2.75) is 27.7 Å². The molecule has 0 N–H and O–H groups in total. The van der Waals surface area contributed by atoms with Gasteiger partial charge in [0.05, 0.1) is 0 Å². The molecule has 3 rings (SSSR count). The highest BCUT2D eigenvalue weighted by Crippen LogP contribution is 2.31. The third-order valence-electron chi connectivity index (χ3n) is 3.94. The number of benzene rings is 2. The number of anilines is 2. The highest BCUT2D eigenvalue weighted by Gasteiger charge is 2.22. The molecule has 0 saturated carbocycles. The normalized spacial score (nSPS) is 14.1. The minimum absolute atomic E-state index is 0.587. The smallest absolute Gasteiger partial charge is 0.341 e. The van der Waals surface area contributed by atoms with Gasteiger partial charge in [-0.3, -0.25) is 0 Å². The Morgan fingerprint density at radius 1 is 0.619 bits per heavy atom. The summed E-state index contributed by atoms with van der Waals surface area (Å²) >= 11 is 0. The van der Waals surface area contributed by atoms with E-state index in [2.05, 4.69) is 85.6 Å². The highest BCUT2D eigenvalue weighted by atomic mass is 28.2. The second-order valence-corrected chi connectivity index (χ2v) is 6.78. The average Bonchev–Trinajstić information content (AvgIpc) is 2.87. The quantitative estimate of drug-likeness (QED) is 0.763. The van der Waals surface area contributed by atoms with Crippen LogP contribution < -0.4 is 9.13 Å². The van der Waals surface area contributed by atoms with Crippen LogP contribution in [0.3, 0.4) is 0 Å². The van der Waals surface area contributed by atoms with Gasteiger partial charge >= 0.3 is 9.84 Å². The summed E-state index contributed by atoms with van der Waals surface area (Å²) in [5.74, 6) is 0. The van der Waals surface area contributed by atoms with E-state index in [0.717, 1.165) is 0 Å². The maximum atomic E-state index is 2.36. The second-order valence-electron chi connectivity index (χ2n) is 5.62. The van der Waals surface area contributed by atoms with Crippen LogP contribution in [0.4, 0.5) is 11.4 Å². The largest absolute Gasteiger partial charge is 0.354 e. The fourth-order valence-corrected chi connectivity index (χ4v) is 4.34. The SMILES string of the molecule is Cc1cccc(C)c1N1C=CN(c2c(C)cccc2C)[Si]1. The Balaban J connectivity index is 1.92. The van der Waals surface area contributed by atoms with Crippen molar-refractivity contribution < 1.29 is 0 Å². The number of aryl methyl sites for hydroxylation is 4. The summed E-state index contributed by atoms with van der Waals surface area (Å²) in [5.41, 5.74) is 7.98. The van der Waals surface area contributed by atoms with Crippen LogP contribution in [0, 0.1) is 27.7 Å². The number of hydrogen-bond acceptors (Lipinski definition) is 2. The zero-order chi connectivity index (χ0) is 15.0. The lowest BCUT2D eigenvalue weighted by Gasteiger charge is -2.24. The number of para-hydroxylation sites is 2. The van der Waals surface area contributed by atoms with Crippen LogP contribution in [-0.4, -0.2) is 9.84 Å². The molecule has 21 heavy (non-hydrogen) atoms. The lowest BCUT2D eigenvalue weighted by molar-refractivity contribution is 1.28. The fourth-order valence-electron chi connectivity index (χ4n) is 2.94. The van der Waals surface area contributed by atoms with Gasteiger partial charge in [-0.1, -0.05) is 36.4 Å². The van der Waals surface area contributed by atoms with E-state index in [9.17, 15) is 0 Å². The van der Waals surface area contributed by atoms with Crippen molar-refractivity contribution in [2.24, 2.45) is 0 Å². The van der Waals surface area contributed by atoms with E-state index in [1.807, 2.05) is 0 Å². The van der Waals surface area contributed by atoms with Crippen molar-refractivity contribution in [3.8, 4) is 0 Å². The molecule has 2 aromatic rings. The van der Waals surface area contributed by atoms with Crippen LogP contribution in [-0.2, 0) is 0 Å². The van der Waals surface area contributed by atoms with Crippen LogP contribution in [0.1, 0.15) is 22.3 Å². The summed E-state index contributed by atoms with van der Waals surface area (Å²) in [6.45, 7) is 8.73. The molecular formula is C18H20N2Si. The summed E-state index contributed by atoms with van der Waals surface area (Å²) in [6.07, 6.45) is 4.39. The standard InChI is InChI=1S/C18H20N2Si/c1-13-7-5-8-14(2)17(13)19-11-12-20(21-19)18-15(3)9-6-10-16(18)4/h5-12H,1-4H3. The zero-order valence-electron chi connectivity index (χ0n) is 13.0. The maximum absolute atomic E-state index is 2.36. The monoisotopic (exact) mass is 292 g/mol. The molecule has 0 bridgehead atoms. The molecule has 3 heteroatoms. The predicted molar refractivity (Wildman–Crippen MR) is 91.7 cm³/mol. The van der Waals surface area contributed by atoms with E-state index in [1.54, 1.807) is 0 Å². The Hall–Kier alpha value is -2.00. The lowest BCUT2D eigenvalue weighted by atomic mass is 10.1. The number of nitrogens with zero attached hydrogens (tertiary/aromatic N) is 2. The van der Waals surface area contributed by atoms with Gasteiger partial charge < -0.3 is 9.13 Å². The van der Waals surface area contributed by atoms with Gasteiger partial charge in [-0.05, 0) is 49.9 Å². The Morgan fingerprint density at radius 2 is 0.952 bits per heavy atom. The number of rotatable bonds is 2. The summed E-state index contributed by atoms with van der Waals surface area (Å²) in [6, 6.07) is 13.0. The van der Waals surface area contributed by atoms with Gasteiger partial charge in [0.1, 0.15) is 0 Å². The van der Waals surface area contributed by atoms with Crippen LogP contribution in [0.25, 0.3) is 0 Å². The third kappa shape index (κ3) is 2.49. The van der Waals surface area contributed by atoms with Crippen molar-refractivity contribution in [2.75, 3.05) is 9.13 Å². The molecule has 0 aromatic heterocycles. The molecule has 0 unspecified atom stereocenters. The first-order valence-electron chi connectivity index (χ1n) is 7.23. The van der Waals surface area contributed by atoms with Crippen molar-refractivity contribution >= 4 is 21.2 Å². The zero-order valence-corrected chi connectivity index (χ0v) is 14.0. The van der Waals surface area contributed by atoms with Gasteiger partial charge in [0.15, 0.2) is 0 Å². The van der Waals surface area contributed by atoms with E-state index in [0.29, 0.717) is 9.84 Å². The van der Waals surface area contributed by atoms with Gasteiger partial charge in [-0.25, -0.2) is 0 Å². The van der Waals surface area contributed by atoms with Crippen LogP contribution in [0.15, 0.2) is 48.8 Å². The molecule has 2 aromatic carbocycles. The first-order chi connectivity index (χ1) is 10.1. The maximum Gasteiger partial charge on any atom is 0.341 e. The second kappa shape index (κ2) is 5.41. The molecule has 0 aliphatic carbocycles. The van der Waals surface area contributed by atoms with Gasteiger partial charge in [-0.2, -0.15) is 0 Å². The molecule has 0 atom stereocenters. The molecule has 0 spiro atoms. The van der Waals surface area contributed by atoms with Crippen LogP contribution in [0.2, 0.25) is 0 Å². The molecule has 106 valence electrons. The molecule has 2 radical (unpaired) electrons. The molecule has 0 fully saturated rings. The number of hydrogen-bond donors (Lipinski definition) is 0. The van der Waals surface area contributed by atoms with Gasteiger partial charge in [-0.15, -0.1) is 0 Å². The minimum atomic E-state index is 0.587. The van der Waals surface area contributed by atoms with E-state index >= 15 is 0 Å². The van der Waals surface area contributed by atoms with Gasteiger partial charge in [0.25, 0.3) is 0 Å². The molecule has 0 saturated heterocycles. The molecule has 1 aliphatic rings. The summed E-state index contributed by atoms with van der Waals surface area (Å²) < 4.78 is 4.72. The first kappa shape index (κ1) is 14.0. The minimum Gasteiger partial charge on any atom is -0.354 e. The Kier molecular flexibility index (Phi) is 3.60. The Bertz CT molecular complexity index is 606. The fraction of sp³-hybridized carbons (Fsp3) is 0.222. The van der Waals surface area contributed by atoms with E-state index < -0.39 is 0 Å². The molecule has 0 amide bonds. The molecule has 1 heterocycles. The molecule has 2 nitrogen and oxygen atoms in total. The summed E-state index contributed by atoms with van der Waals surface area (Å²) in [7, 11) is 0.587. The van der Waals surface area contributed by atoms with E-state index in [4.69, 9.17) is 0 Å². The van der Waals surface area contributed by atoms with Gasteiger partial charge in [0.2, 0.25) is 0 Å². The van der Waals surface area contributed by atoms with Crippen molar-refractivity contribution in [3.63, 3.8) is 0 Å². The topological polar surface area (TPSA) is 6.48 Å². The van der Waals surface area contributed by atoms with Crippen LogP contribution in [0.5, 0.6) is 0 Å². The van der Waals surface area contributed by atoms with E-state index in [1.165, 1.54) is 33.6 Å². The lowest BCUT2D eigenvalue weighted by Crippen LogP contribution is -2.31. The third-order valence-corrected chi connectivity index (χ3v) is 5.12. The molecule has 1 aliphatic heterocycles. The average molecular weight is 292 g/mol. The van der Waals surface area contributed by atoms with Crippen LogP contribution >= 0.6 is 0 Å². The predicted octanol–water partition coefficient (Wildman–Crippen LogP) is 4.25. The summed E-state index contributed by atoms with van der Waals surface area (Å²) in [4.78, 5) is 0. The Labute approximate surface area is 129 Å². The Morgan fingerprint density at radius 3 is 1.29 bits per heavy atom. The van der Waals surface area contributed by atoms with Gasteiger partial charge in [0, 0.05) is 23.8 Å². The first-order valence-corrected chi connectivity index (χ1v) is 8.13. The molecular weight excluding hydrogens is 272 g/mol. The van der Waals surface area contributed by atoms with E-state index in [-0.39, 0.29) is 0 Å². The summed E-state index contributed by atoms with van der Waals surface area (Å²) in [5, 5.41) is 0. The van der Waals surface area contributed by atoms with Crippen molar-refractivity contribution in [1.82, 2.24) is 0 Å². The highest BCUT2D eigenvalue weighted by molar-refractivity contribution is 6.50. The van der Waals surface area contributed by atoms with Crippen molar-refractivity contribution in [3.05, 3.63) is 71.1 Å².